The molecule has 0 bridgehead atoms. The summed E-state index contributed by atoms with van der Waals surface area (Å²) in [5.74, 6) is -2.79. The minimum absolute atomic E-state index is 0.641. The average molecular weight is 688 g/mol. The fourth-order valence-corrected chi connectivity index (χ4v) is 5.36. The van der Waals surface area contributed by atoms with Crippen LogP contribution in [0.3, 0.4) is 0 Å². The van der Waals surface area contributed by atoms with Crippen molar-refractivity contribution in [2.75, 3.05) is 19.8 Å². The molecule has 17 atom stereocenters. The van der Waals surface area contributed by atoms with E-state index in [0.717, 1.165) is 13.8 Å². The molecular formula is C26H45N3O18. The Morgan fingerprint density at radius 2 is 1.23 bits per heavy atom. The Morgan fingerprint density at radius 1 is 0.723 bits per heavy atom. The van der Waals surface area contributed by atoms with Gasteiger partial charge in [0.15, 0.2) is 18.9 Å². The molecule has 2 amide bonds. The van der Waals surface area contributed by atoms with Crippen molar-refractivity contribution < 1.29 is 88.8 Å². The first-order valence-electron chi connectivity index (χ1n) is 14.7. The van der Waals surface area contributed by atoms with Crippen molar-refractivity contribution in [2.45, 2.75) is 125 Å². The number of nitrogens with two attached hydrogens (primary N) is 1. The van der Waals surface area contributed by atoms with Gasteiger partial charge in [0.1, 0.15) is 79.2 Å². The number of carboxylic acids is 1. The predicted molar refractivity (Wildman–Crippen MR) is 148 cm³/mol. The van der Waals surface area contributed by atoms with E-state index in [9.17, 15) is 60.3 Å². The van der Waals surface area contributed by atoms with E-state index >= 15 is 0 Å². The number of hydrogen-bond acceptors (Lipinski definition) is 18. The number of nitrogens with one attached hydrogen (secondary N) is 2. The first-order valence-corrected chi connectivity index (χ1v) is 14.7. The third-order valence-corrected chi connectivity index (χ3v) is 8.00. The molecule has 3 heterocycles. The monoisotopic (exact) mass is 687 g/mol. The van der Waals surface area contributed by atoms with Crippen LogP contribution in [0.25, 0.3) is 0 Å². The van der Waals surface area contributed by atoms with Crippen LogP contribution in [0.15, 0.2) is 0 Å². The highest BCUT2D eigenvalue weighted by atomic mass is 16.7. The lowest BCUT2D eigenvalue weighted by Crippen LogP contribution is -2.69. The summed E-state index contributed by atoms with van der Waals surface area (Å²) in [7, 11) is 0. The molecule has 0 unspecified atom stereocenters. The van der Waals surface area contributed by atoms with Crippen LogP contribution in [0.1, 0.15) is 20.8 Å². The molecule has 272 valence electrons. The van der Waals surface area contributed by atoms with Crippen molar-refractivity contribution in [1.29, 1.82) is 0 Å². The number of ether oxygens (including phenoxy) is 6. The smallest absolute Gasteiger partial charge is 0.323 e. The second-order valence-corrected chi connectivity index (χ2v) is 11.5. The van der Waals surface area contributed by atoms with E-state index in [2.05, 4.69) is 10.6 Å². The second-order valence-electron chi connectivity index (χ2n) is 11.5. The normalized spacial score (nSPS) is 42.3. The van der Waals surface area contributed by atoms with E-state index in [1.165, 1.54) is 6.92 Å². The summed E-state index contributed by atoms with van der Waals surface area (Å²) in [5, 5.41) is 96.7. The van der Waals surface area contributed by atoms with E-state index < -0.39 is 142 Å². The third kappa shape index (κ3) is 9.29. The maximum absolute atomic E-state index is 12.2. The number of carbonyl (C=O) groups is 3. The summed E-state index contributed by atoms with van der Waals surface area (Å²) in [6, 6.07) is -4.45. The van der Waals surface area contributed by atoms with Gasteiger partial charge in [-0.1, -0.05) is 0 Å². The van der Waals surface area contributed by atoms with Gasteiger partial charge in [-0.25, -0.2) is 0 Å². The van der Waals surface area contributed by atoms with E-state index in [4.69, 9.17) is 34.2 Å². The van der Waals surface area contributed by atoms with Gasteiger partial charge in [0, 0.05) is 13.8 Å². The predicted octanol–water partition coefficient (Wildman–Crippen LogP) is -7.46. The molecule has 21 heteroatoms. The quantitative estimate of drug-likeness (QED) is 0.0855. The van der Waals surface area contributed by atoms with Gasteiger partial charge in [0.25, 0.3) is 0 Å². The molecule has 0 aromatic carbocycles. The van der Waals surface area contributed by atoms with Crippen LogP contribution in [-0.4, -0.2) is 188 Å². The van der Waals surface area contributed by atoms with Crippen molar-refractivity contribution in [3.05, 3.63) is 0 Å². The summed E-state index contributed by atoms with van der Waals surface area (Å²) in [5.41, 5.74) is 5.69. The van der Waals surface area contributed by atoms with Gasteiger partial charge in [-0.15, -0.1) is 0 Å². The van der Waals surface area contributed by atoms with Crippen LogP contribution in [-0.2, 0) is 42.8 Å². The fourth-order valence-electron chi connectivity index (χ4n) is 5.36. The number of aliphatic carboxylic acids is 1. The summed E-state index contributed by atoms with van der Waals surface area (Å²) in [4.78, 5) is 35.6. The Hall–Kier alpha value is -2.19. The van der Waals surface area contributed by atoms with Crippen molar-refractivity contribution in [3.8, 4) is 0 Å². The van der Waals surface area contributed by atoms with E-state index in [1.807, 2.05) is 0 Å². The number of hydrogen-bond donors (Lipinski definition) is 12. The largest absolute Gasteiger partial charge is 0.480 e. The zero-order valence-electron chi connectivity index (χ0n) is 25.7. The van der Waals surface area contributed by atoms with Crippen LogP contribution in [0, 0.1) is 0 Å². The van der Waals surface area contributed by atoms with Gasteiger partial charge >= 0.3 is 5.97 Å². The lowest BCUT2D eigenvalue weighted by molar-refractivity contribution is -0.351. The van der Waals surface area contributed by atoms with Gasteiger partial charge in [0.2, 0.25) is 11.8 Å². The highest BCUT2D eigenvalue weighted by Crippen LogP contribution is 2.31. The minimum Gasteiger partial charge on any atom is -0.480 e. The topological polar surface area (TPSA) is 339 Å². The Kier molecular flexibility index (Phi) is 14.2. The number of rotatable bonds is 13. The summed E-state index contributed by atoms with van der Waals surface area (Å²) >= 11 is 0. The maximum atomic E-state index is 12.2. The van der Waals surface area contributed by atoms with Crippen molar-refractivity contribution in [3.63, 3.8) is 0 Å². The van der Waals surface area contributed by atoms with E-state index in [0.29, 0.717) is 0 Å². The van der Waals surface area contributed by atoms with Crippen LogP contribution in [0.2, 0.25) is 0 Å². The molecule has 0 radical (unpaired) electrons. The van der Waals surface area contributed by atoms with Crippen LogP contribution >= 0.6 is 0 Å². The highest BCUT2D eigenvalue weighted by Gasteiger charge is 2.53. The first kappa shape index (κ1) is 39.3. The molecule has 0 aromatic heterocycles. The standard InChI is InChI=1S/C26H45N3O18/c1-7(13(27)23(40)41)43-25-15(29-9(3)33)22(47-26-21(39)20(38)17(35)11(5-31)45-26)18(36)12(46-25)6-42-24-14(28-8(2)32)19(37)16(34)10(4-30)44-24/h7,10-22,24-26,30-31,34-39H,4-6,27H2,1-3H3,(H,28,32)(H,29,33)(H,40,41)/t7-,10+,11+,12+,13+,14+,15+,16-,17+,18+,19-,20+,21+,22-,24-,25+,26+/m1/s1. The van der Waals surface area contributed by atoms with Crippen LogP contribution in [0.4, 0.5) is 0 Å². The molecule has 0 spiro atoms. The summed E-state index contributed by atoms with van der Waals surface area (Å²) in [6.45, 7) is 1.27. The fraction of sp³-hybridized carbons (Fsp3) is 0.885. The number of aliphatic hydroxyl groups is 8. The van der Waals surface area contributed by atoms with Gasteiger partial charge in [-0.05, 0) is 6.92 Å². The number of aliphatic hydroxyl groups excluding tert-OH is 8. The van der Waals surface area contributed by atoms with Gasteiger partial charge in [-0.2, -0.15) is 0 Å². The summed E-state index contributed by atoms with van der Waals surface area (Å²) < 4.78 is 34.1. The lowest BCUT2D eigenvalue weighted by atomic mass is 9.94. The first-order chi connectivity index (χ1) is 22.0. The van der Waals surface area contributed by atoms with Crippen LogP contribution in [0.5, 0.6) is 0 Å². The number of amides is 2. The molecule has 0 saturated carbocycles. The maximum Gasteiger partial charge on any atom is 0.323 e. The molecule has 0 aromatic rings. The van der Waals surface area contributed by atoms with E-state index in [-0.39, 0.29) is 0 Å². The van der Waals surface area contributed by atoms with Crippen molar-refractivity contribution in [1.82, 2.24) is 10.6 Å². The molecule has 3 rings (SSSR count). The average Bonchev–Trinajstić information content (AvgIpc) is 3.01. The minimum atomic E-state index is -1.94. The molecule has 0 aliphatic carbocycles. The van der Waals surface area contributed by atoms with Gasteiger partial charge < -0.3 is 90.7 Å². The van der Waals surface area contributed by atoms with Crippen molar-refractivity contribution in [2.24, 2.45) is 5.73 Å². The van der Waals surface area contributed by atoms with Gasteiger partial charge in [0.05, 0.1) is 25.9 Å². The Bertz CT molecular complexity index is 1060. The molecule has 3 aliphatic rings. The number of carboxylic acid groups (broad SMARTS) is 1. The molecule has 13 N–H and O–H groups in total. The zero-order chi connectivity index (χ0) is 35.3. The van der Waals surface area contributed by atoms with E-state index in [1.54, 1.807) is 0 Å². The third-order valence-electron chi connectivity index (χ3n) is 8.00. The molecule has 3 aliphatic heterocycles. The molecule has 3 fully saturated rings. The summed E-state index contributed by atoms with van der Waals surface area (Å²) in [6.07, 6.45) is -22.9. The lowest BCUT2D eigenvalue weighted by Gasteiger charge is -2.48. The Morgan fingerprint density at radius 3 is 1.77 bits per heavy atom. The molecule has 3 saturated heterocycles. The Labute approximate surface area is 268 Å². The van der Waals surface area contributed by atoms with Crippen LogP contribution < -0.4 is 16.4 Å². The van der Waals surface area contributed by atoms with Gasteiger partial charge in [-0.3, -0.25) is 14.4 Å². The molecule has 47 heavy (non-hydrogen) atoms. The Balaban J connectivity index is 1.94. The molecular weight excluding hydrogens is 642 g/mol. The zero-order valence-corrected chi connectivity index (χ0v) is 25.7. The number of carbonyl (C=O) groups excluding carboxylic acids is 2. The second kappa shape index (κ2) is 17.0. The SMILES string of the molecule is CC(=O)N[C@@H]1[C@H](OC[C@@H]2O[C@H](O[C@H](C)[C@H](N)C(=O)O)[C@@H](NC(C)=O)[C@@H](O[C@@H]3O[C@@H](CO)[C@H](O)[C@H](O)[C@@H]3O)[C@H]2O)O[C@@H](CO)[C@@H](O)[C@@H]1O. The highest BCUT2D eigenvalue weighted by molar-refractivity contribution is 5.74. The molecule has 21 nitrogen and oxygen atoms in total. The van der Waals surface area contributed by atoms with Crippen molar-refractivity contribution >= 4 is 17.8 Å².